The van der Waals surface area contributed by atoms with Crippen LogP contribution in [0.3, 0.4) is 0 Å². The molecule has 7 nitrogen and oxygen atoms in total. The minimum absolute atomic E-state index is 0.0142. The molecule has 1 aliphatic carbocycles. The summed E-state index contributed by atoms with van der Waals surface area (Å²) in [6, 6.07) is 5.51. The number of nitrogens with one attached hydrogen (secondary N) is 1. The molecular formula is C20H23F2N6OS+. The molecule has 1 N–H and O–H groups in total. The van der Waals surface area contributed by atoms with Gasteiger partial charge < -0.3 is 5.32 Å². The Kier molecular flexibility index (Phi) is 5.59. The number of amides is 1. The van der Waals surface area contributed by atoms with E-state index in [1.165, 1.54) is 10.1 Å². The number of rotatable bonds is 5. The van der Waals surface area contributed by atoms with Crippen molar-refractivity contribution in [2.45, 2.75) is 51.1 Å². The lowest BCUT2D eigenvalue weighted by Crippen LogP contribution is -2.37. The highest BCUT2D eigenvalue weighted by Crippen LogP contribution is 2.26. The number of nitrogens with zero attached hydrogens (tertiary/aromatic N) is 5. The first-order valence-electron chi connectivity index (χ1n) is 9.87. The standard InChI is InChI=1S/C20H23F2N6OS/c1-12-15(10-26(2)25-12)20(29)28(30)14-8-6-13(7-9-14)23-17-4-3-5-18-24-16(19(21)22)11-27(17)18/h3-5,10-11,13-14,19,23H,6-9H2,1-2H3/q+1/t13-,14+. The molecule has 0 bridgehead atoms. The van der Waals surface area contributed by atoms with Crippen molar-refractivity contribution in [2.24, 2.45) is 7.05 Å². The van der Waals surface area contributed by atoms with Gasteiger partial charge >= 0.3 is 5.91 Å². The third kappa shape index (κ3) is 3.96. The first-order chi connectivity index (χ1) is 14.3. The van der Waals surface area contributed by atoms with E-state index in [9.17, 15) is 13.6 Å². The Hall–Kier alpha value is -2.75. The first kappa shape index (κ1) is 20.5. The Morgan fingerprint density at radius 1 is 1.27 bits per heavy atom. The number of aryl methyl sites for hydroxylation is 2. The minimum Gasteiger partial charge on any atom is -0.368 e. The number of hydrogen-bond acceptors (Lipinski definition) is 5. The highest BCUT2D eigenvalue weighted by molar-refractivity contribution is 7.44. The van der Waals surface area contributed by atoms with Crippen molar-refractivity contribution in [2.75, 3.05) is 5.32 Å². The van der Waals surface area contributed by atoms with Crippen molar-refractivity contribution < 1.29 is 17.5 Å². The molecule has 0 unspecified atom stereocenters. The van der Waals surface area contributed by atoms with Gasteiger partial charge in [0.25, 0.3) is 18.9 Å². The molecule has 158 valence electrons. The summed E-state index contributed by atoms with van der Waals surface area (Å²) in [5.41, 5.74) is 1.45. The summed E-state index contributed by atoms with van der Waals surface area (Å²) in [6.45, 7) is 1.80. The van der Waals surface area contributed by atoms with Crippen LogP contribution in [0.4, 0.5) is 14.6 Å². The summed E-state index contributed by atoms with van der Waals surface area (Å²) in [5, 5.41) is 7.65. The third-order valence-corrected chi connectivity index (χ3v) is 6.02. The number of pyridine rings is 1. The molecule has 0 atom stereocenters. The van der Waals surface area contributed by atoms with Gasteiger partial charge in [-0.15, -0.1) is 0 Å². The smallest absolute Gasteiger partial charge is 0.368 e. The Labute approximate surface area is 177 Å². The summed E-state index contributed by atoms with van der Waals surface area (Å²) >= 11 is 5.43. The van der Waals surface area contributed by atoms with Gasteiger partial charge in [0.05, 0.1) is 5.69 Å². The van der Waals surface area contributed by atoms with Crippen LogP contribution >= 0.6 is 0 Å². The van der Waals surface area contributed by atoms with Crippen molar-refractivity contribution in [3.05, 3.63) is 47.5 Å². The molecule has 10 heteroatoms. The molecule has 0 radical (unpaired) electrons. The fourth-order valence-corrected chi connectivity index (χ4v) is 4.32. The lowest BCUT2D eigenvalue weighted by molar-refractivity contribution is -0.448. The van der Waals surface area contributed by atoms with Crippen molar-refractivity contribution in [3.8, 4) is 0 Å². The highest BCUT2D eigenvalue weighted by Gasteiger charge is 2.35. The monoisotopic (exact) mass is 433 g/mol. The Morgan fingerprint density at radius 3 is 2.63 bits per heavy atom. The van der Waals surface area contributed by atoms with E-state index in [4.69, 9.17) is 12.4 Å². The maximum absolute atomic E-state index is 13.0. The van der Waals surface area contributed by atoms with Crippen molar-refractivity contribution >= 4 is 29.8 Å². The largest absolute Gasteiger partial charge is 0.436 e. The minimum atomic E-state index is -2.60. The van der Waals surface area contributed by atoms with Crippen LogP contribution in [0.5, 0.6) is 0 Å². The van der Waals surface area contributed by atoms with Crippen LogP contribution in [-0.2, 0) is 19.5 Å². The molecule has 3 aromatic heterocycles. The maximum Gasteiger partial charge on any atom is 0.436 e. The van der Waals surface area contributed by atoms with Crippen LogP contribution < -0.4 is 5.32 Å². The predicted molar refractivity (Wildman–Crippen MR) is 110 cm³/mol. The van der Waals surface area contributed by atoms with Crippen LogP contribution in [0.2, 0.25) is 0 Å². The van der Waals surface area contributed by atoms with Crippen molar-refractivity contribution in [3.63, 3.8) is 0 Å². The van der Waals surface area contributed by atoms with E-state index in [2.05, 4.69) is 15.4 Å². The van der Waals surface area contributed by atoms with Crippen LogP contribution in [0.1, 0.15) is 53.9 Å². The second-order valence-corrected chi connectivity index (χ2v) is 8.08. The van der Waals surface area contributed by atoms with Gasteiger partial charge in [-0.3, -0.25) is 9.08 Å². The van der Waals surface area contributed by atoms with Gasteiger partial charge in [-0.05, 0) is 31.9 Å². The average molecular weight is 434 g/mol. The van der Waals surface area contributed by atoms with E-state index in [-0.39, 0.29) is 23.7 Å². The van der Waals surface area contributed by atoms with Gasteiger partial charge in [-0.25, -0.2) is 18.6 Å². The average Bonchev–Trinajstić information content (AvgIpc) is 3.31. The zero-order valence-corrected chi connectivity index (χ0v) is 17.6. The SMILES string of the molecule is Cc1nn(C)cc1C(=O)[N+](=S)[C@H]1CC[C@@H](Nc2cccc3nc(C(F)F)cn23)CC1. The molecule has 3 heterocycles. The lowest BCUT2D eigenvalue weighted by atomic mass is 9.91. The topological polar surface area (TPSA) is 67.2 Å². The molecule has 0 saturated heterocycles. The number of carbonyl (C=O) groups excluding carboxylic acids is 1. The number of aromatic nitrogens is 4. The molecule has 0 aliphatic heterocycles. The summed E-state index contributed by atoms with van der Waals surface area (Å²) in [6.07, 6.45) is 3.65. The molecular weight excluding hydrogens is 410 g/mol. The number of anilines is 1. The fourth-order valence-electron chi connectivity index (χ4n) is 4.01. The second-order valence-electron chi connectivity index (χ2n) is 7.69. The van der Waals surface area contributed by atoms with Gasteiger partial charge in [0.2, 0.25) is 0 Å². The van der Waals surface area contributed by atoms with Crippen LogP contribution in [0, 0.1) is 6.92 Å². The Balaban J connectivity index is 1.40. The molecule has 1 fully saturated rings. The van der Waals surface area contributed by atoms with Crippen LogP contribution in [-0.4, -0.2) is 41.1 Å². The van der Waals surface area contributed by atoms with Gasteiger partial charge in [-0.1, -0.05) is 10.0 Å². The molecule has 30 heavy (non-hydrogen) atoms. The van der Waals surface area contributed by atoms with E-state index < -0.39 is 6.43 Å². The van der Waals surface area contributed by atoms with Gasteiger partial charge in [0, 0.05) is 38.3 Å². The number of carbonyl (C=O) groups is 1. The van der Waals surface area contributed by atoms with Crippen molar-refractivity contribution in [1.82, 2.24) is 19.2 Å². The summed E-state index contributed by atoms with van der Waals surface area (Å²) in [5.74, 6) is 0.544. The van der Waals surface area contributed by atoms with Gasteiger partial charge in [-0.2, -0.15) is 5.10 Å². The van der Waals surface area contributed by atoms with E-state index in [1.54, 1.807) is 41.4 Å². The molecule has 1 amide bonds. The zero-order chi connectivity index (χ0) is 21.4. The number of halogens is 2. The number of imidazole rings is 1. The molecule has 0 aromatic carbocycles. The Morgan fingerprint density at radius 2 is 2.00 bits per heavy atom. The molecule has 0 spiro atoms. The van der Waals surface area contributed by atoms with E-state index in [0.29, 0.717) is 16.9 Å². The third-order valence-electron chi connectivity index (χ3n) is 5.56. The van der Waals surface area contributed by atoms with E-state index in [0.717, 1.165) is 31.5 Å². The fraction of sp³-hybridized carbons (Fsp3) is 0.450. The number of alkyl halides is 2. The molecule has 3 aromatic rings. The van der Waals surface area contributed by atoms with E-state index >= 15 is 0 Å². The molecule has 4 rings (SSSR count). The summed E-state index contributed by atoms with van der Waals surface area (Å²) < 4.78 is 30.6. The number of fused-ring (bicyclic) bond motifs is 1. The lowest BCUT2D eigenvalue weighted by Gasteiger charge is -2.26. The Bertz CT molecular complexity index is 1100. The maximum atomic E-state index is 13.0. The van der Waals surface area contributed by atoms with Gasteiger partial charge in [0.1, 0.15) is 22.7 Å². The zero-order valence-electron chi connectivity index (χ0n) is 16.8. The van der Waals surface area contributed by atoms with Crippen molar-refractivity contribution in [1.29, 1.82) is 0 Å². The highest BCUT2D eigenvalue weighted by atomic mass is 32.1. The second kappa shape index (κ2) is 8.17. The van der Waals surface area contributed by atoms with Crippen LogP contribution in [0.15, 0.2) is 30.6 Å². The van der Waals surface area contributed by atoms with Crippen LogP contribution in [0.25, 0.3) is 5.65 Å². The molecule has 1 aliphatic rings. The van der Waals surface area contributed by atoms with Gasteiger partial charge in [0.15, 0.2) is 6.04 Å². The molecule has 1 saturated carbocycles. The predicted octanol–water partition coefficient (Wildman–Crippen LogP) is 3.62. The summed E-state index contributed by atoms with van der Waals surface area (Å²) in [7, 11) is 1.78. The number of hydrogen-bond donors (Lipinski definition) is 1. The van der Waals surface area contributed by atoms with E-state index in [1.807, 2.05) is 6.07 Å². The quantitative estimate of drug-likeness (QED) is 0.623. The normalized spacial score (nSPS) is 19.4. The summed E-state index contributed by atoms with van der Waals surface area (Å²) in [4.78, 5) is 16.7. The first-order valence-corrected chi connectivity index (χ1v) is 10.2.